The molecule has 3 nitrogen and oxygen atoms in total. The normalized spacial score (nSPS) is 13.7. The van der Waals surface area contributed by atoms with E-state index in [1.165, 1.54) is 22.7 Å². The van der Waals surface area contributed by atoms with Crippen molar-refractivity contribution in [2.45, 2.75) is 12.5 Å². The summed E-state index contributed by atoms with van der Waals surface area (Å²) in [4.78, 5) is 5.02. The highest BCUT2D eigenvalue weighted by Gasteiger charge is 2.20. The summed E-state index contributed by atoms with van der Waals surface area (Å²) in [5, 5.41) is 25.1. The van der Waals surface area contributed by atoms with Crippen molar-refractivity contribution in [3.63, 3.8) is 0 Å². The predicted molar refractivity (Wildman–Crippen MR) is 96.1 cm³/mol. The van der Waals surface area contributed by atoms with Crippen molar-refractivity contribution in [1.29, 1.82) is 0 Å². The number of hydrogen-bond acceptors (Lipinski definition) is 5. The van der Waals surface area contributed by atoms with Gasteiger partial charge in [0.1, 0.15) is 11.9 Å². The average molecular weight is 364 g/mol. The molecule has 0 saturated heterocycles. The van der Waals surface area contributed by atoms with Gasteiger partial charge in [0.15, 0.2) is 0 Å². The van der Waals surface area contributed by atoms with E-state index in [0.29, 0.717) is 27.5 Å². The zero-order valence-electron chi connectivity index (χ0n) is 12.0. The van der Waals surface area contributed by atoms with Crippen LogP contribution >= 0.6 is 34.3 Å². The van der Waals surface area contributed by atoms with E-state index in [2.05, 4.69) is 4.98 Å². The Kier molecular flexibility index (Phi) is 5.13. The monoisotopic (exact) mass is 363 g/mol. The third-order valence-electron chi connectivity index (χ3n) is 3.42. The minimum atomic E-state index is -0.926. The van der Waals surface area contributed by atoms with Gasteiger partial charge in [-0.2, -0.15) is 11.3 Å². The maximum atomic E-state index is 10.7. The molecule has 1 unspecified atom stereocenters. The number of aliphatic hydroxyl groups is 2. The molecule has 2 N–H and O–H groups in total. The molecule has 0 saturated carbocycles. The highest BCUT2D eigenvalue weighted by atomic mass is 35.5. The third-order valence-corrected chi connectivity index (χ3v) is 5.34. The lowest BCUT2D eigenvalue weighted by molar-refractivity contribution is 0.210. The fraction of sp³-hybridized carbons (Fsp3) is 0.118. The molecule has 23 heavy (non-hydrogen) atoms. The molecule has 0 fully saturated rings. The van der Waals surface area contributed by atoms with Gasteiger partial charge in [-0.1, -0.05) is 17.7 Å². The first-order chi connectivity index (χ1) is 11.1. The first-order valence-corrected chi connectivity index (χ1v) is 9.05. The number of pyridine rings is 1. The molecule has 118 valence electrons. The predicted octanol–water partition coefficient (Wildman–Crippen LogP) is 5.10. The van der Waals surface area contributed by atoms with Gasteiger partial charge in [0, 0.05) is 45.8 Å². The van der Waals surface area contributed by atoms with E-state index in [9.17, 15) is 10.2 Å². The number of rotatable bonds is 5. The zero-order valence-corrected chi connectivity index (χ0v) is 14.4. The van der Waals surface area contributed by atoms with Gasteiger partial charge in [0.25, 0.3) is 0 Å². The molecular weight excluding hydrogens is 350 g/mol. The van der Waals surface area contributed by atoms with Crippen LogP contribution in [0.4, 0.5) is 0 Å². The zero-order chi connectivity index (χ0) is 16.2. The highest BCUT2D eigenvalue weighted by Crippen LogP contribution is 2.33. The number of aromatic nitrogens is 1. The van der Waals surface area contributed by atoms with Crippen LogP contribution in [0.2, 0.25) is 4.34 Å². The van der Waals surface area contributed by atoms with Crippen molar-refractivity contribution in [2.24, 2.45) is 0 Å². The molecule has 0 aromatic carbocycles. The molecule has 6 heteroatoms. The van der Waals surface area contributed by atoms with Crippen LogP contribution in [0, 0.1) is 0 Å². The maximum absolute atomic E-state index is 10.7. The van der Waals surface area contributed by atoms with Gasteiger partial charge in [0.05, 0.1) is 4.34 Å². The van der Waals surface area contributed by atoms with E-state index >= 15 is 0 Å². The van der Waals surface area contributed by atoms with Crippen molar-refractivity contribution >= 4 is 40.0 Å². The fourth-order valence-electron chi connectivity index (χ4n) is 2.27. The number of aliphatic hydroxyl groups excluding tert-OH is 2. The SMILES string of the molecule is O/C(=C(\Cc1ccc(Cl)s1)C(O)c1cccnc1)c1ccsc1. The van der Waals surface area contributed by atoms with Gasteiger partial charge >= 0.3 is 0 Å². The summed E-state index contributed by atoms with van der Waals surface area (Å²) in [7, 11) is 0. The summed E-state index contributed by atoms with van der Waals surface area (Å²) in [6, 6.07) is 9.11. The lowest BCUT2D eigenvalue weighted by Gasteiger charge is -2.17. The van der Waals surface area contributed by atoms with Crippen molar-refractivity contribution < 1.29 is 10.2 Å². The van der Waals surface area contributed by atoms with Crippen molar-refractivity contribution in [2.75, 3.05) is 0 Å². The Morgan fingerprint density at radius 1 is 1.26 bits per heavy atom. The molecular formula is C17H14ClNO2S2. The Hall–Kier alpha value is -1.66. The Balaban J connectivity index is 2.01. The first kappa shape index (κ1) is 16.2. The second-order valence-electron chi connectivity index (χ2n) is 4.96. The summed E-state index contributed by atoms with van der Waals surface area (Å²) >= 11 is 8.92. The second-order valence-corrected chi connectivity index (χ2v) is 7.54. The number of halogens is 1. The van der Waals surface area contributed by atoms with Crippen LogP contribution in [0.3, 0.4) is 0 Å². The smallest absolute Gasteiger partial charge is 0.126 e. The first-order valence-electron chi connectivity index (χ1n) is 6.92. The van der Waals surface area contributed by atoms with Crippen molar-refractivity contribution in [3.05, 3.63) is 79.4 Å². The molecule has 0 aliphatic carbocycles. The van der Waals surface area contributed by atoms with E-state index < -0.39 is 6.10 Å². The quantitative estimate of drug-likeness (QED) is 0.620. The van der Waals surface area contributed by atoms with Crippen LogP contribution in [-0.2, 0) is 6.42 Å². The number of thiophene rings is 2. The van der Waals surface area contributed by atoms with Gasteiger partial charge in [-0.3, -0.25) is 4.98 Å². The minimum Gasteiger partial charge on any atom is -0.507 e. The van der Waals surface area contributed by atoms with E-state index in [0.717, 1.165) is 4.88 Å². The summed E-state index contributed by atoms with van der Waals surface area (Å²) in [6.07, 6.45) is 2.75. The second kappa shape index (κ2) is 7.27. The van der Waals surface area contributed by atoms with Crippen LogP contribution in [0.25, 0.3) is 5.76 Å². The van der Waals surface area contributed by atoms with Gasteiger partial charge in [-0.05, 0) is 29.6 Å². The Bertz CT molecular complexity index is 797. The molecule has 0 bridgehead atoms. The standard InChI is InChI=1S/C17H14ClNO2S2/c18-15-4-3-13(23-15)8-14(17(21)12-5-7-22-10-12)16(20)11-2-1-6-19-9-11/h1-7,9-10,16,20-21H,8H2/b17-14+. The molecule has 1 atom stereocenters. The van der Waals surface area contributed by atoms with Crippen LogP contribution in [0.5, 0.6) is 0 Å². The Labute approximate surface area is 147 Å². The lowest BCUT2D eigenvalue weighted by atomic mass is 9.96. The summed E-state index contributed by atoms with van der Waals surface area (Å²) in [5.74, 6) is 0.104. The lowest BCUT2D eigenvalue weighted by Crippen LogP contribution is -2.07. The average Bonchev–Trinajstić information content (AvgIpc) is 3.24. The van der Waals surface area contributed by atoms with Gasteiger partial charge < -0.3 is 10.2 Å². The largest absolute Gasteiger partial charge is 0.507 e. The van der Waals surface area contributed by atoms with Gasteiger partial charge in [-0.15, -0.1) is 11.3 Å². The summed E-state index contributed by atoms with van der Waals surface area (Å²) < 4.78 is 0.685. The Morgan fingerprint density at radius 3 is 2.74 bits per heavy atom. The van der Waals surface area contributed by atoms with Gasteiger partial charge in [0.2, 0.25) is 0 Å². The highest BCUT2D eigenvalue weighted by molar-refractivity contribution is 7.16. The number of hydrogen-bond donors (Lipinski definition) is 2. The molecule has 3 rings (SSSR count). The van der Waals surface area contributed by atoms with Crippen molar-refractivity contribution in [1.82, 2.24) is 4.98 Å². The van der Waals surface area contributed by atoms with E-state index in [1.54, 1.807) is 24.5 Å². The molecule has 3 heterocycles. The van der Waals surface area contributed by atoms with E-state index in [-0.39, 0.29) is 5.76 Å². The molecule has 0 spiro atoms. The van der Waals surface area contributed by atoms with Crippen LogP contribution in [-0.4, -0.2) is 15.2 Å². The molecule has 0 radical (unpaired) electrons. The molecule has 0 aliphatic heterocycles. The topological polar surface area (TPSA) is 53.4 Å². The molecule has 0 amide bonds. The summed E-state index contributed by atoms with van der Waals surface area (Å²) in [6.45, 7) is 0. The van der Waals surface area contributed by atoms with Gasteiger partial charge in [-0.25, -0.2) is 0 Å². The van der Waals surface area contributed by atoms with Crippen LogP contribution in [0.1, 0.15) is 22.1 Å². The number of nitrogens with zero attached hydrogens (tertiary/aromatic N) is 1. The fourth-order valence-corrected chi connectivity index (χ4v) is 4.02. The molecule has 3 aromatic heterocycles. The Morgan fingerprint density at radius 2 is 2.13 bits per heavy atom. The maximum Gasteiger partial charge on any atom is 0.126 e. The van der Waals surface area contributed by atoms with Crippen LogP contribution < -0.4 is 0 Å². The van der Waals surface area contributed by atoms with E-state index in [4.69, 9.17) is 11.6 Å². The minimum absolute atomic E-state index is 0.104. The molecule has 3 aromatic rings. The molecule has 0 aliphatic rings. The summed E-state index contributed by atoms with van der Waals surface area (Å²) in [5.41, 5.74) is 1.89. The third kappa shape index (κ3) is 3.82. The van der Waals surface area contributed by atoms with Crippen LogP contribution in [0.15, 0.2) is 59.1 Å². The van der Waals surface area contributed by atoms with Crippen molar-refractivity contribution in [3.8, 4) is 0 Å². The van der Waals surface area contributed by atoms with E-state index in [1.807, 2.05) is 29.0 Å².